The highest BCUT2D eigenvalue weighted by Crippen LogP contribution is 2.31. The number of carbonyl (C=O) groups is 2. The van der Waals surface area contributed by atoms with Crippen LogP contribution in [0.1, 0.15) is 28.3 Å². The van der Waals surface area contributed by atoms with Gasteiger partial charge in [0.25, 0.3) is 5.91 Å². The van der Waals surface area contributed by atoms with Crippen molar-refractivity contribution in [3.05, 3.63) is 59.7 Å². The van der Waals surface area contributed by atoms with E-state index in [2.05, 4.69) is 0 Å². The van der Waals surface area contributed by atoms with Gasteiger partial charge in [0.05, 0.1) is 14.2 Å². The molecule has 2 aromatic rings. The van der Waals surface area contributed by atoms with Crippen LogP contribution in [0.15, 0.2) is 48.5 Å². The number of nitrogens with zero attached hydrogens (tertiary/aromatic N) is 1. The number of hydrogen-bond acceptors (Lipinski definition) is 4. The summed E-state index contributed by atoms with van der Waals surface area (Å²) in [7, 11) is 3.05. The van der Waals surface area contributed by atoms with Crippen LogP contribution in [0.4, 0.5) is 0 Å². The molecular weight excluding hydrogens is 306 g/mol. The zero-order valence-electron chi connectivity index (χ0n) is 13.7. The maximum atomic E-state index is 12.7. The Hall–Kier alpha value is -2.82. The van der Waals surface area contributed by atoms with E-state index in [1.54, 1.807) is 18.2 Å². The lowest BCUT2D eigenvalue weighted by molar-refractivity contribution is -0.125. The van der Waals surface area contributed by atoms with Gasteiger partial charge in [-0.3, -0.25) is 14.5 Å². The lowest BCUT2D eigenvalue weighted by Gasteiger charge is -2.16. The molecule has 0 aliphatic carbocycles. The molecule has 5 heteroatoms. The van der Waals surface area contributed by atoms with E-state index in [9.17, 15) is 9.59 Å². The van der Waals surface area contributed by atoms with Gasteiger partial charge in [-0.15, -0.1) is 0 Å². The quantitative estimate of drug-likeness (QED) is 0.811. The minimum atomic E-state index is -0.306. The molecule has 1 saturated heterocycles. The molecule has 1 fully saturated rings. The Bertz CT molecular complexity index is 757. The number of imide groups is 1. The van der Waals surface area contributed by atoms with Crippen molar-refractivity contribution in [3.63, 3.8) is 0 Å². The maximum absolute atomic E-state index is 12.7. The SMILES string of the molecule is COc1ccc(C(=O)N2C[C@H](c3ccccc3)CC2=O)cc1OC. The third-order valence-electron chi connectivity index (χ3n) is 4.27. The number of rotatable bonds is 4. The van der Waals surface area contributed by atoms with Gasteiger partial charge in [0.2, 0.25) is 5.91 Å². The summed E-state index contributed by atoms with van der Waals surface area (Å²) in [6, 6.07) is 14.7. The predicted molar refractivity (Wildman–Crippen MR) is 89.4 cm³/mol. The molecule has 3 rings (SSSR count). The third-order valence-corrected chi connectivity index (χ3v) is 4.27. The fraction of sp³-hybridized carbons (Fsp3) is 0.263. The molecule has 0 unspecified atom stereocenters. The monoisotopic (exact) mass is 325 g/mol. The minimum Gasteiger partial charge on any atom is -0.493 e. The Morgan fingerprint density at radius 3 is 2.42 bits per heavy atom. The van der Waals surface area contributed by atoms with Crippen LogP contribution in [0.5, 0.6) is 11.5 Å². The summed E-state index contributed by atoms with van der Waals surface area (Å²) in [6.07, 6.45) is 0.350. The molecule has 0 saturated carbocycles. The van der Waals surface area contributed by atoms with Gasteiger partial charge in [0, 0.05) is 24.4 Å². The average molecular weight is 325 g/mol. The van der Waals surface area contributed by atoms with E-state index in [4.69, 9.17) is 9.47 Å². The van der Waals surface area contributed by atoms with Gasteiger partial charge in [-0.05, 0) is 23.8 Å². The predicted octanol–water partition coefficient (Wildman–Crippen LogP) is 2.86. The van der Waals surface area contributed by atoms with Gasteiger partial charge in [0.15, 0.2) is 11.5 Å². The van der Waals surface area contributed by atoms with Crippen molar-refractivity contribution in [1.82, 2.24) is 4.90 Å². The first-order chi connectivity index (χ1) is 11.6. The van der Waals surface area contributed by atoms with Crippen molar-refractivity contribution in [2.75, 3.05) is 20.8 Å². The molecule has 5 nitrogen and oxygen atoms in total. The second kappa shape index (κ2) is 6.74. The first-order valence-corrected chi connectivity index (χ1v) is 7.75. The van der Waals surface area contributed by atoms with Crippen LogP contribution in [-0.2, 0) is 4.79 Å². The van der Waals surface area contributed by atoms with E-state index in [0.29, 0.717) is 30.0 Å². The lowest BCUT2D eigenvalue weighted by atomic mass is 9.98. The number of carbonyl (C=O) groups excluding carboxylic acids is 2. The number of ether oxygens (including phenoxy) is 2. The topological polar surface area (TPSA) is 55.8 Å². The molecule has 1 atom stereocenters. The molecular formula is C19H19NO4. The van der Waals surface area contributed by atoms with E-state index >= 15 is 0 Å². The normalized spacial score (nSPS) is 17.0. The molecule has 0 radical (unpaired) electrons. The number of methoxy groups -OCH3 is 2. The second-order valence-corrected chi connectivity index (χ2v) is 5.69. The number of hydrogen-bond donors (Lipinski definition) is 0. The molecule has 0 spiro atoms. The van der Waals surface area contributed by atoms with Gasteiger partial charge in [-0.2, -0.15) is 0 Å². The Labute approximate surface area is 140 Å². The Kier molecular flexibility index (Phi) is 4.51. The Morgan fingerprint density at radius 1 is 1.04 bits per heavy atom. The average Bonchev–Trinajstić information content (AvgIpc) is 3.03. The van der Waals surface area contributed by atoms with Crippen LogP contribution in [0.3, 0.4) is 0 Å². The molecule has 2 aromatic carbocycles. The highest BCUT2D eigenvalue weighted by atomic mass is 16.5. The van der Waals surface area contributed by atoms with Crippen molar-refractivity contribution >= 4 is 11.8 Å². The molecule has 1 aliphatic rings. The Balaban J connectivity index is 1.81. The fourth-order valence-corrected chi connectivity index (χ4v) is 2.98. The molecule has 1 heterocycles. The first kappa shape index (κ1) is 16.1. The van der Waals surface area contributed by atoms with Crippen LogP contribution in [-0.4, -0.2) is 37.5 Å². The Morgan fingerprint density at radius 2 is 1.75 bits per heavy atom. The van der Waals surface area contributed by atoms with Crippen molar-refractivity contribution < 1.29 is 19.1 Å². The largest absolute Gasteiger partial charge is 0.493 e. The van der Waals surface area contributed by atoms with Gasteiger partial charge < -0.3 is 9.47 Å². The highest BCUT2D eigenvalue weighted by molar-refractivity contribution is 6.06. The molecule has 124 valence electrons. The van der Waals surface area contributed by atoms with Gasteiger partial charge in [-0.1, -0.05) is 30.3 Å². The van der Waals surface area contributed by atoms with Crippen molar-refractivity contribution in [2.24, 2.45) is 0 Å². The van der Waals surface area contributed by atoms with Crippen LogP contribution in [0.2, 0.25) is 0 Å². The maximum Gasteiger partial charge on any atom is 0.260 e. The summed E-state index contributed by atoms with van der Waals surface area (Å²) in [5, 5.41) is 0. The van der Waals surface area contributed by atoms with E-state index in [-0.39, 0.29) is 17.7 Å². The smallest absolute Gasteiger partial charge is 0.260 e. The summed E-state index contributed by atoms with van der Waals surface area (Å²) in [5.41, 5.74) is 1.49. The van der Waals surface area contributed by atoms with Crippen LogP contribution in [0.25, 0.3) is 0 Å². The van der Waals surface area contributed by atoms with Crippen molar-refractivity contribution in [2.45, 2.75) is 12.3 Å². The van der Waals surface area contributed by atoms with Crippen molar-refractivity contribution in [1.29, 1.82) is 0 Å². The summed E-state index contributed by atoms with van der Waals surface area (Å²) in [5.74, 6) is 0.601. The molecule has 2 amide bonds. The zero-order chi connectivity index (χ0) is 17.1. The second-order valence-electron chi connectivity index (χ2n) is 5.69. The summed E-state index contributed by atoms with van der Waals surface area (Å²) in [6.45, 7) is 0.399. The fourth-order valence-electron chi connectivity index (χ4n) is 2.98. The number of benzene rings is 2. The summed E-state index contributed by atoms with van der Waals surface area (Å²) >= 11 is 0. The molecule has 0 bridgehead atoms. The zero-order valence-corrected chi connectivity index (χ0v) is 13.7. The number of likely N-dealkylation sites (tertiary alicyclic amines) is 1. The lowest BCUT2D eigenvalue weighted by Crippen LogP contribution is -2.32. The standard InChI is InChI=1S/C19H19NO4/c1-23-16-9-8-14(10-17(16)24-2)19(22)20-12-15(11-18(20)21)13-6-4-3-5-7-13/h3-10,15H,11-12H2,1-2H3/t15-/m1/s1. The molecule has 1 aliphatic heterocycles. The van der Waals surface area contributed by atoms with E-state index < -0.39 is 0 Å². The van der Waals surface area contributed by atoms with Gasteiger partial charge in [0.1, 0.15) is 0 Å². The summed E-state index contributed by atoms with van der Waals surface area (Å²) < 4.78 is 10.4. The van der Waals surface area contributed by atoms with Crippen LogP contribution in [0, 0.1) is 0 Å². The molecule has 0 N–H and O–H groups in total. The highest BCUT2D eigenvalue weighted by Gasteiger charge is 2.35. The van der Waals surface area contributed by atoms with E-state index in [1.807, 2.05) is 30.3 Å². The summed E-state index contributed by atoms with van der Waals surface area (Å²) in [4.78, 5) is 26.3. The van der Waals surface area contributed by atoms with Crippen LogP contribution >= 0.6 is 0 Å². The molecule has 0 aromatic heterocycles. The molecule has 24 heavy (non-hydrogen) atoms. The van der Waals surface area contributed by atoms with Gasteiger partial charge >= 0.3 is 0 Å². The first-order valence-electron chi connectivity index (χ1n) is 7.75. The third kappa shape index (κ3) is 2.97. The van der Waals surface area contributed by atoms with Crippen LogP contribution < -0.4 is 9.47 Å². The van der Waals surface area contributed by atoms with E-state index in [0.717, 1.165) is 5.56 Å². The van der Waals surface area contributed by atoms with E-state index in [1.165, 1.54) is 19.1 Å². The van der Waals surface area contributed by atoms with Gasteiger partial charge in [-0.25, -0.2) is 0 Å². The minimum absolute atomic E-state index is 0.0443. The van der Waals surface area contributed by atoms with Crippen molar-refractivity contribution in [3.8, 4) is 11.5 Å². The number of amides is 2.